The number of ether oxygens (including phenoxy) is 2. The molecule has 0 fully saturated rings. The standard InChI is InChI=1S/C17H17ClO2/c1-19-17-8-12(10-18)6-7-16(17)20-11-14-9-13-4-2-3-5-15(13)14/h2-8,14H,9-11H2,1H3. The van der Waals surface area contributed by atoms with Crippen molar-refractivity contribution in [2.24, 2.45) is 0 Å². The second-order valence-corrected chi connectivity index (χ2v) is 5.30. The molecule has 0 N–H and O–H groups in total. The fourth-order valence-electron chi connectivity index (χ4n) is 2.62. The summed E-state index contributed by atoms with van der Waals surface area (Å²) in [7, 11) is 1.65. The van der Waals surface area contributed by atoms with Crippen molar-refractivity contribution in [3.05, 3.63) is 59.2 Å². The van der Waals surface area contributed by atoms with E-state index in [1.165, 1.54) is 11.1 Å². The summed E-state index contributed by atoms with van der Waals surface area (Å²) < 4.78 is 11.3. The highest BCUT2D eigenvalue weighted by atomic mass is 35.5. The molecule has 0 radical (unpaired) electrons. The van der Waals surface area contributed by atoms with Gasteiger partial charge in [-0.25, -0.2) is 0 Å². The van der Waals surface area contributed by atoms with E-state index in [0.29, 0.717) is 18.4 Å². The molecule has 0 heterocycles. The van der Waals surface area contributed by atoms with E-state index in [2.05, 4.69) is 24.3 Å². The van der Waals surface area contributed by atoms with Crippen LogP contribution in [0.25, 0.3) is 0 Å². The molecule has 104 valence electrons. The summed E-state index contributed by atoms with van der Waals surface area (Å²) in [5, 5.41) is 0. The van der Waals surface area contributed by atoms with E-state index in [1.54, 1.807) is 7.11 Å². The van der Waals surface area contributed by atoms with Gasteiger partial charge in [-0.2, -0.15) is 0 Å². The lowest BCUT2D eigenvalue weighted by Gasteiger charge is -2.30. The van der Waals surface area contributed by atoms with Crippen molar-refractivity contribution >= 4 is 11.6 Å². The zero-order chi connectivity index (χ0) is 13.9. The predicted octanol–water partition coefficient (Wildman–Crippen LogP) is 4.15. The number of fused-ring (bicyclic) bond motifs is 1. The minimum atomic E-state index is 0.479. The fraction of sp³-hybridized carbons (Fsp3) is 0.294. The van der Waals surface area contributed by atoms with Crippen LogP contribution in [0.15, 0.2) is 42.5 Å². The fourth-order valence-corrected chi connectivity index (χ4v) is 2.78. The second kappa shape index (κ2) is 5.76. The molecule has 3 rings (SSSR count). The third kappa shape index (κ3) is 2.48. The highest BCUT2D eigenvalue weighted by molar-refractivity contribution is 6.17. The lowest BCUT2D eigenvalue weighted by atomic mass is 9.78. The van der Waals surface area contributed by atoms with Crippen LogP contribution in [0.3, 0.4) is 0 Å². The first-order valence-corrected chi connectivity index (χ1v) is 7.28. The van der Waals surface area contributed by atoms with Gasteiger partial charge in [0.05, 0.1) is 13.7 Å². The van der Waals surface area contributed by atoms with Gasteiger partial charge in [-0.1, -0.05) is 30.3 Å². The Balaban J connectivity index is 1.68. The molecule has 1 aliphatic carbocycles. The average Bonchev–Trinajstić information content (AvgIpc) is 2.48. The van der Waals surface area contributed by atoms with E-state index in [1.807, 2.05) is 18.2 Å². The molecular formula is C17H17ClO2. The number of halogens is 1. The number of hydrogen-bond donors (Lipinski definition) is 0. The molecule has 0 amide bonds. The smallest absolute Gasteiger partial charge is 0.161 e. The molecule has 0 spiro atoms. The molecule has 0 aliphatic heterocycles. The van der Waals surface area contributed by atoms with Crippen molar-refractivity contribution in [3.8, 4) is 11.5 Å². The first-order chi connectivity index (χ1) is 9.81. The highest BCUT2D eigenvalue weighted by Gasteiger charge is 2.26. The van der Waals surface area contributed by atoms with Crippen LogP contribution in [0.4, 0.5) is 0 Å². The summed E-state index contributed by atoms with van der Waals surface area (Å²) in [4.78, 5) is 0. The minimum Gasteiger partial charge on any atom is -0.493 e. The van der Waals surface area contributed by atoms with Crippen LogP contribution in [0, 0.1) is 0 Å². The van der Waals surface area contributed by atoms with Crippen LogP contribution >= 0.6 is 11.6 Å². The van der Waals surface area contributed by atoms with Gasteiger partial charge in [-0.05, 0) is 35.2 Å². The number of hydrogen-bond acceptors (Lipinski definition) is 2. The van der Waals surface area contributed by atoms with E-state index in [4.69, 9.17) is 21.1 Å². The van der Waals surface area contributed by atoms with Crippen molar-refractivity contribution in [2.75, 3.05) is 13.7 Å². The molecule has 0 bridgehead atoms. The quantitative estimate of drug-likeness (QED) is 0.770. The number of methoxy groups -OCH3 is 1. The van der Waals surface area contributed by atoms with E-state index in [0.717, 1.165) is 23.5 Å². The van der Waals surface area contributed by atoms with E-state index < -0.39 is 0 Å². The molecule has 1 aliphatic rings. The normalized spacial score (nSPS) is 16.2. The average molecular weight is 289 g/mol. The first kappa shape index (κ1) is 13.3. The third-order valence-corrected chi connectivity index (χ3v) is 4.09. The predicted molar refractivity (Wildman–Crippen MR) is 80.9 cm³/mol. The first-order valence-electron chi connectivity index (χ1n) is 6.75. The van der Waals surface area contributed by atoms with Crippen LogP contribution in [0.1, 0.15) is 22.6 Å². The summed E-state index contributed by atoms with van der Waals surface area (Å²) in [6.45, 7) is 0.688. The topological polar surface area (TPSA) is 18.5 Å². The Labute approximate surface area is 124 Å². The van der Waals surface area contributed by atoms with Crippen LogP contribution < -0.4 is 9.47 Å². The van der Waals surface area contributed by atoms with Crippen molar-refractivity contribution in [3.63, 3.8) is 0 Å². The molecular weight excluding hydrogens is 272 g/mol. The Morgan fingerprint density at radius 1 is 1.15 bits per heavy atom. The Bertz CT molecular complexity index is 610. The molecule has 3 heteroatoms. The van der Waals surface area contributed by atoms with Crippen molar-refractivity contribution in [1.82, 2.24) is 0 Å². The number of benzene rings is 2. The highest BCUT2D eigenvalue weighted by Crippen LogP contribution is 2.36. The van der Waals surface area contributed by atoms with Gasteiger partial charge in [0, 0.05) is 11.8 Å². The molecule has 2 aromatic carbocycles. The van der Waals surface area contributed by atoms with E-state index >= 15 is 0 Å². The van der Waals surface area contributed by atoms with Crippen molar-refractivity contribution in [1.29, 1.82) is 0 Å². The van der Waals surface area contributed by atoms with Gasteiger partial charge >= 0.3 is 0 Å². The Morgan fingerprint density at radius 3 is 2.75 bits per heavy atom. The van der Waals surface area contributed by atoms with Gasteiger partial charge in [0.2, 0.25) is 0 Å². The molecule has 2 nitrogen and oxygen atoms in total. The lowest BCUT2D eigenvalue weighted by Crippen LogP contribution is -2.23. The molecule has 0 saturated heterocycles. The maximum absolute atomic E-state index is 5.92. The molecule has 2 aromatic rings. The number of rotatable bonds is 5. The minimum absolute atomic E-state index is 0.479. The Hall–Kier alpha value is -1.67. The van der Waals surface area contributed by atoms with Crippen LogP contribution in [-0.4, -0.2) is 13.7 Å². The molecule has 1 unspecified atom stereocenters. The van der Waals surface area contributed by atoms with Gasteiger partial charge < -0.3 is 9.47 Å². The monoisotopic (exact) mass is 288 g/mol. The Kier molecular flexibility index (Phi) is 3.83. The largest absolute Gasteiger partial charge is 0.493 e. The lowest BCUT2D eigenvalue weighted by molar-refractivity contribution is 0.261. The van der Waals surface area contributed by atoms with Crippen molar-refractivity contribution in [2.45, 2.75) is 18.2 Å². The van der Waals surface area contributed by atoms with Crippen molar-refractivity contribution < 1.29 is 9.47 Å². The van der Waals surface area contributed by atoms with Crippen LogP contribution in [-0.2, 0) is 12.3 Å². The van der Waals surface area contributed by atoms with Crippen LogP contribution in [0.5, 0.6) is 11.5 Å². The Morgan fingerprint density at radius 2 is 2.00 bits per heavy atom. The summed E-state index contributed by atoms with van der Waals surface area (Å²) in [6.07, 6.45) is 1.10. The second-order valence-electron chi connectivity index (χ2n) is 5.03. The maximum Gasteiger partial charge on any atom is 0.161 e. The van der Waals surface area contributed by atoms with Gasteiger partial charge in [-0.3, -0.25) is 0 Å². The summed E-state index contributed by atoms with van der Waals surface area (Å²) >= 11 is 5.83. The zero-order valence-electron chi connectivity index (χ0n) is 11.4. The molecule has 0 saturated carbocycles. The maximum atomic E-state index is 5.92. The van der Waals surface area contributed by atoms with Gasteiger partial charge in [0.1, 0.15) is 0 Å². The zero-order valence-corrected chi connectivity index (χ0v) is 12.2. The van der Waals surface area contributed by atoms with E-state index in [9.17, 15) is 0 Å². The van der Waals surface area contributed by atoms with Gasteiger partial charge in [0.15, 0.2) is 11.5 Å². The summed E-state index contributed by atoms with van der Waals surface area (Å²) in [5.41, 5.74) is 3.87. The SMILES string of the molecule is COc1cc(CCl)ccc1OCC1Cc2ccccc21. The van der Waals surface area contributed by atoms with Gasteiger partial charge in [-0.15, -0.1) is 11.6 Å². The number of alkyl halides is 1. The molecule has 20 heavy (non-hydrogen) atoms. The molecule has 0 aromatic heterocycles. The van der Waals surface area contributed by atoms with Crippen LogP contribution in [0.2, 0.25) is 0 Å². The van der Waals surface area contributed by atoms with E-state index in [-0.39, 0.29) is 0 Å². The van der Waals surface area contributed by atoms with Gasteiger partial charge in [0.25, 0.3) is 0 Å². The summed E-state index contributed by atoms with van der Waals surface area (Å²) in [6, 6.07) is 14.4. The summed E-state index contributed by atoms with van der Waals surface area (Å²) in [5.74, 6) is 2.50. The third-order valence-electron chi connectivity index (χ3n) is 3.78. The molecule has 1 atom stereocenters.